The number of rotatable bonds is 9. The lowest BCUT2D eigenvalue weighted by molar-refractivity contribution is 0.106. The summed E-state index contributed by atoms with van der Waals surface area (Å²) in [6, 6.07) is 7.35. The van der Waals surface area contributed by atoms with Crippen LogP contribution in [0.1, 0.15) is 0 Å². The van der Waals surface area contributed by atoms with E-state index in [1.54, 1.807) is 13.2 Å². The molecule has 1 rings (SSSR count). The third-order valence-electron chi connectivity index (χ3n) is 2.60. The van der Waals surface area contributed by atoms with E-state index < -0.39 is 6.10 Å². The number of nitrogens with zero attached hydrogens (tertiary/aromatic N) is 1. The van der Waals surface area contributed by atoms with Crippen LogP contribution in [0.25, 0.3) is 0 Å². The molecular weight excluding hydrogens is 244 g/mol. The summed E-state index contributed by atoms with van der Waals surface area (Å²) in [6.07, 6.45) is -0.520. The second-order valence-electron chi connectivity index (χ2n) is 4.65. The molecule has 19 heavy (non-hydrogen) atoms. The predicted octanol–water partition coefficient (Wildman–Crippen LogP) is 0.586. The van der Waals surface area contributed by atoms with Crippen LogP contribution in [0.4, 0.5) is 0 Å². The van der Waals surface area contributed by atoms with Crippen LogP contribution in [-0.4, -0.2) is 63.6 Å². The van der Waals surface area contributed by atoms with Crippen molar-refractivity contribution in [3.63, 3.8) is 0 Å². The van der Waals surface area contributed by atoms with Gasteiger partial charge in [0.2, 0.25) is 0 Å². The fourth-order valence-electron chi connectivity index (χ4n) is 1.51. The third-order valence-corrected chi connectivity index (χ3v) is 2.60. The van der Waals surface area contributed by atoms with Crippen molar-refractivity contribution in [1.82, 2.24) is 10.2 Å². The zero-order valence-corrected chi connectivity index (χ0v) is 11.9. The zero-order valence-electron chi connectivity index (χ0n) is 11.9. The Bertz CT molecular complexity index is 358. The van der Waals surface area contributed by atoms with Gasteiger partial charge in [-0.3, -0.25) is 0 Å². The SMILES string of the molecule is COc1cccc(OCC(O)CNCCN(C)C)c1. The zero-order chi connectivity index (χ0) is 14.1. The van der Waals surface area contributed by atoms with Crippen molar-refractivity contribution >= 4 is 0 Å². The van der Waals surface area contributed by atoms with E-state index in [9.17, 15) is 5.11 Å². The molecule has 108 valence electrons. The van der Waals surface area contributed by atoms with E-state index in [0.717, 1.165) is 18.8 Å². The number of hydrogen-bond donors (Lipinski definition) is 2. The number of aliphatic hydroxyl groups excluding tert-OH is 1. The highest BCUT2D eigenvalue weighted by Crippen LogP contribution is 2.18. The monoisotopic (exact) mass is 268 g/mol. The van der Waals surface area contributed by atoms with Crippen LogP contribution < -0.4 is 14.8 Å². The molecule has 0 saturated carbocycles. The van der Waals surface area contributed by atoms with Gasteiger partial charge in [-0.05, 0) is 26.2 Å². The van der Waals surface area contributed by atoms with E-state index in [1.807, 2.05) is 32.3 Å². The molecular formula is C14H24N2O3. The quantitative estimate of drug-likeness (QED) is 0.642. The van der Waals surface area contributed by atoms with Gasteiger partial charge in [-0.1, -0.05) is 6.07 Å². The Morgan fingerprint density at radius 2 is 2.05 bits per heavy atom. The van der Waals surface area contributed by atoms with Gasteiger partial charge in [-0.15, -0.1) is 0 Å². The second kappa shape index (κ2) is 8.74. The number of methoxy groups -OCH3 is 1. The molecule has 1 atom stereocenters. The summed E-state index contributed by atoms with van der Waals surface area (Å²) < 4.78 is 10.6. The van der Waals surface area contributed by atoms with Crippen molar-refractivity contribution < 1.29 is 14.6 Å². The van der Waals surface area contributed by atoms with E-state index in [0.29, 0.717) is 12.3 Å². The Hall–Kier alpha value is -1.30. The lowest BCUT2D eigenvalue weighted by Crippen LogP contribution is -2.35. The third kappa shape index (κ3) is 7.00. The summed E-state index contributed by atoms with van der Waals surface area (Å²) in [4.78, 5) is 2.09. The summed E-state index contributed by atoms with van der Waals surface area (Å²) in [6.45, 7) is 2.59. The Labute approximate surface area is 115 Å². The Kier molecular flexibility index (Phi) is 7.25. The normalized spacial score (nSPS) is 12.5. The molecule has 5 heteroatoms. The molecule has 0 aliphatic heterocycles. The Morgan fingerprint density at radius 3 is 2.74 bits per heavy atom. The first-order chi connectivity index (χ1) is 9.11. The van der Waals surface area contributed by atoms with Gasteiger partial charge in [0, 0.05) is 25.7 Å². The van der Waals surface area contributed by atoms with Gasteiger partial charge in [0.15, 0.2) is 0 Å². The van der Waals surface area contributed by atoms with E-state index in [-0.39, 0.29) is 6.61 Å². The number of ether oxygens (including phenoxy) is 2. The number of benzene rings is 1. The average molecular weight is 268 g/mol. The molecule has 0 spiro atoms. The smallest absolute Gasteiger partial charge is 0.123 e. The van der Waals surface area contributed by atoms with Gasteiger partial charge in [0.05, 0.1) is 7.11 Å². The maximum absolute atomic E-state index is 9.77. The molecule has 1 aromatic carbocycles. The second-order valence-corrected chi connectivity index (χ2v) is 4.65. The first-order valence-corrected chi connectivity index (χ1v) is 6.42. The molecule has 0 aromatic heterocycles. The molecule has 0 amide bonds. The number of aliphatic hydroxyl groups is 1. The first kappa shape index (κ1) is 15.8. The van der Waals surface area contributed by atoms with E-state index >= 15 is 0 Å². The van der Waals surface area contributed by atoms with Gasteiger partial charge < -0.3 is 24.8 Å². The van der Waals surface area contributed by atoms with E-state index in [4.69, 9.17) is 9.47 Å². The van der Waals surface area contributed by atoms with Crippen molar-refractivity contribution in [1.29, 1.82) is 0 Å². The topological polar surface area (TPSA) is 54.0 Å². The van der Waals surface area contributed by atoms with Crippen LogP contribution in [-0.2, 0) is 0 Å². The molecule has 0 heterocycles. The van der Waals surface area contributed by atoms with Crippen molar-refractivity contribution in [3.8, 4) is 11.5 Å². The van der Waals surface area contributed by atoms with Crippen LogP contribution in [0.2, 0.25) is 0 Å². The van der Waals surface area contributed by atoms with Gasteiger partial charge in [0.1, 0.15) is 24.2 Å². The van der Waals surface area contributed by atoms with Crippen LogP contribution in [0.3, 0.4) is 0 Å². The minimum atomic E-state index is -0.520. The summed E-state index contributed by atoms with van der Waals surface area (Å²) in [5.41, 5.74) is 0. The van der Waals surface area contributed by atoms with Gasteiger partial charge in [-0.25, -0.2) is 0 Å². The Morgan fingerprint density at radius 1 is 1.32 bits per heavy atom. The molecule has 0 fully saturated rings. The van der Waals surface area contributed by atoms with Crippen LogP contribution >= 0.6 is 0 Å². The molecule has 1 aromatic rings. The highest BCUT2D eigenvalue weighted by atomic mass is 16.5. The largest absolute Gasteiger partial charge is 0.497 e. The predicted molar refractivity (Wildman–Crippen MR) is 75.9 cm³/mol. The number of likely N-dealkylation sites (N-methyl/N-ethyl adjacent to an activating group) is 1. The number of nitrogens with one attached hydrogen (secondary N) is 1. The van der Waals surface area contributed by atoms with Gasteiger partial charge >= 0.3 is 0 Å². The average Bonchev–Trinajstić information content (AvgIpc) is 2.41. The highest BCUT2D eigenvalue weighted by molar-refractivity contribution is 5.32. The summed E-state index contributed by atoms with van der Waals surface area (Å²) in [7, 11) is 5.65. The molecule has 5 nitrogen and oxygen atoms in total. The molecule has 0 radical (unpaired) electrons. The lowest BCUT2D eigenvalue weighted by Gasteiger charge is -2.15. The number of hydrogen-bond acceptors (Lipinski definition) is 5. The molecule has 0 aliphatic rings. The highest BCUT2D eigenvalue weighted by Gasteiger charge is 2.05. The fraction of sp³-hybridized carbons (Fsp3) is 0.571. The van der Waals surface area contributed by atoms with Gasteiger partial charge in [0.25, 0.3) is 0 Å². The van der Waals surface area contributed by atoms with Crippen LogP contribution in [0.15, 0.2) is 24.3 Å². The molecule has 0 aliphatic carbocycles. The maximum Gasteiger partial charge on any atom is 0.123 e. The fourth-order valence-corrected chi connectivity index (χ4v) is 1.51. The molecule has 1 unspecified atom stereocenters. The molecule has 2 N–H and O–H groups in total. The van der Waals surface area contributed by atoms with Gasteiger partial charge in [-0.2, -0.15) is 0 Å². The minimum Gasteiger partial charge on any atom is -0.497 e. The van der Waals surface area contributed by atoms with E-state index in [2.05, 4.69) is 10.2 Å². The summed E-state index contributed by atoms with van der Waals surface area (Å²) >= 11 is 0. The lowest BCUT2D eigenvalue weighted by atomic mass is 10.3. The maximum atomic E-state index is 9.77. The van der Waals surface area contributed by atoms with Crippen LogP contribution in [0.5, 0.6) is 11.5 Å². The van der Waals surface area contributed by atoms with Crippen molar-refractivity contribution in [2.24, 2.45) is 0 Å². The summed E-state index contributed by atoms with van der Waals surface area (Å²) in [5, 5.41) is 12.9. The van der Waals surface area contributed by atoms with Crippen molar-refractivity contribution in [3.05, 3.63) is 24.3 Å². The van der Waals surface area contributed by atoms with E-state index in [1.165, 1.54) is 0 Å². The van der Waals surface area contributed by atoms with Crippen LogP contribution in [0, 0.1) is 0 Å². The minimum absolute atomic E-state index is 0.266. The Balaban J connectivity index is 2.20. The van der Waals surface area contributed by atoms with Crippen molar-refractivity contribution in [2.45, 2.75) is 6.10 Å². The molecule has 0 saturated heterocycles. The summed E-state index contributed by atoms with van der Waals surface area (Å²) in [5.74, 6) is 1.45. The van der Waals surface area contributed by atoms with Crippen molar-refractivity contribution in [2.75, 3.05) is 47.4 Å². The standard InChI is InChI=1S/C14H24N2O3/c1-16(2)8-7-15-10-12(17)11-19-14-6-4-5-13(9-14)18-3/h4-6,9,12,15,17H,7-8,10-11H2,1-3H3. The molecule has 0 bridgehead atoms. The first-order valence-electron chi connectivity index (χ1n) is 6.42.